The fourth-order valence-electron chi connectivity index (χ4n) is 3.87. The molecule has 188 valence electrons. The Bertz CT molecular complexity index is 1190. The summed E-state index contributed by atoms with van der Waals surface area (Å²) in [5, 5.41) is 9.78. The van der Waals surface area contributed by atoms with Crippen LogP contribution < -0.4 is 4.74 Å². The number of carbonyl (C=O) groups excluding carboxylic acids is 1. The van der Waals surface area contributed by atoms with Gasteiger partial charge >= 0.3 is 0 Å². The van der Waals surface area contributed by atoms with Crippen LogP contribution in [0.3, 0.4) is 0 Å². The molecule has 1 N–H and O–H groups in total. The molecule has 1 aliphatic rings. The van der Waals surface area contributed by atoms with E-state index < -0.39 is 22.2 Å². The van der Waals surface area contributed by atoms with E-state index >= 15 is 0 Å². The zero-order chi connectivity index (χ0) is 25.6. The summed E-state index contributed by atoms with van der Waals surface area (Å²) < 4.78 is 34.7. The van der Waals surface area contributed by atoms with Gasteiger partial charge in [0.15, 0.2) is 0 Å². The van der Waals surface area contributed by atoms with Crippen molar-refractivity contribution in [2.24, 2.45) is 5.92 Å². The van der Waals surface area contributed by atoms with Crippen LogP contribution in [0.4, 0.5) is 0 Å². The Balaban J connectivity index is 2.01. The van der Waals surface area contributed by atoms with Gasteiger partial charge in [-0.1, -0.05) is 25.7 Å². The number of aliphatic hydroxyl groups is 1. The monoisotopic (exact) mass is 499 g/mol. The third-order valence-electron chi connectivity index (χ3n) is 5.98. The molecule has 3 atom stereocenters. The molecule has 0 saturated heterocycles. The lowest BCUT2D eigenvalue weighted by Gasteiger charge is -2.37. The second kappa shape index (κ2) is 11.7. The van der Waals surface area contributed by atoms with E-state index in [0.717, 1.165) is 12.8 Å². The summed E-state index contributed by atoms with van der Waals surface area (Å²) in [4.78, 5) is 18.5. The summed E-state index contributed by atoms with van der Waals surface area (Å²) in [6.45, 7) is 5.66. The van der Waals surface area contributed by atoms with Gasteiger partial charge in [-0.3, -0.25) is 9.78 Å². The lowest BCUT2D eigenvalue weighted by molar-refractivity contribution is 0.0563. The highest BCUT2D eigenvalue weighted by Gasteiger charge is 2.38. The standard InChI is InChI=1S/C26H33N3O5S/c1-5-6-7-9-21-11-12-25-23(14-21)34-24(17-28(4)26(31)22-10-8-13-27-15-22)19(2)16-29(20(3)18-30)35(25,32)33/h8,10-15,19-20,24,30H,5-6,16-18H2,1-4H3/t19-,20+,24-/m0/s1. The molecule has 1 aromatic carbocycles. The molecule has 0 bridgehead atoms. The first-order chi connectivity index (χ1) is 16.7. The number of aliphatic hydroxyl groups excluding tert-OH is 1. The number of ether oxygens (including phenoxy) is 1. The van der Waals surface area contributed by atoms with E-state index in [2.05, 4.69) is 16.8 Å². The molecule has 0 radical (unpaired) electrons. The predicted molar refractivity (Wildman–Crippen MR) is 133 cm³/mol. The number of unbranched alkanes of at least 4 members (excludes halogenated alkanes) is 1. The number of fused-ring (bicyclic) bond motifs is 1. The minimum atomic E-state index is -3.93. The quantitative estimate of drug-likeness (QED) is 0.614. The Labute approximate surface area is 208 Å². The Hall–Kier alpha value is -2.93. The van der Waals surface area contributed by atoms with E-state index in [0.29, 0.717) is 11.1 Å². The Morgan fingerprint density at radius 2 is 2.14 bits per heavy atom. The molecule has 1 aromatic heterocycles. The third kappa shape index (κ3) is 6.20. The molecule has 1 amide bonds. The average molecular weight is 500 g/mol. The summed E-state index contributed by atoms with van der Waals surface area (Å²) in [5.74, 6) is 5.85. The highest BCUT2D eigenvalue weighted by molar-refractivity contribution is 7.89. The molecule has 2 aromatic rings. The van der Waals surface area contributed by atoms with Crippen molar-refractivity contribution in [1.82, 2.24) is 14.2 Å². The second-order valence-corrected chi connectivity index (χ2v) is 10.7. The van der Waals surface area contributed by atoms with Crippen molar-refractivity contribution in [3.8, 4) is 17.6 Å². The minimum absolute atomic E-state index is 0.0250. The number of pyridine rings is 1. The number of hydrogen-bond donors (Lipinski definition) is 1. The van der Waals surface area contributed by atoms with Gasteiger partial charge in [-0.05, 0) is 43.7 Å². The highest BCUT2D eigenvalue weighted by Crippen LogP contribution is 2.34. The van der Waals surface area contributed by atoms with Crippen molar-refractivity contribution >= 4 is 15.9 Å². The summed E-state index contributed by atoms with van der Waals surface area (Å²) in [6.07, 6.45) is 4.27. The van der Waals surface area contributed by atoms with Gasteiger partial charge in [0.2, 0.25) is 10.0 Å². The molecule has 9 heteroatoms. The van der Waals surface area contributed by atoms with E-state index in [1.165, 1.54) is 16.6 Å². The third-order valence-corrected chi connectivity index (χ3v) is 8.00. The van der Waals surface area contributed by atoms with Crippen molar-refractivity contribution in [1.29, 1.82) is 0 Å². The molecule has 0 saturated carbocycles. The molecule has 8 nitrogen and oxygen atoms in total. The summed E-state index contributed by atoms with van der Waals surface area (Å²) >= 11 is 0. The summed E-state index contributed by atoms with van der Waals surface area (Å²) in [6, 6.07) is 7.60. The van der Waals surface area contributed by atoms with Crippen LogP contribution in [0, 0.1) is 17.8 Å². The van der Waals surface area contributed by atoms with Gasteiger partial charge in [-0.25, -0.2) is 8.42 Å². The van der Waals surface area contributed by atoms with Crippen molar-refractivity contribution in [2.45, 2.75) is 50.7 Å². The van der Waals surface area contributed by atoms with Crippen molar-refractivity contribution < 1.29 is 23.1 Å². The number of amides is 1. The van der Waals surface area contributed by atoms with Crippen LogP contribution in [0.15, 0.2) is 47.6 Å². The number of sulfonamides is 1. The largest absolute Gasteiger partial charge is 0.487 e. The fourth-order valence-corrected chi connectivity index (χ4v) is 5.70. The van der Waals surface area contributed by atoms with Gasteiger partial charge in [-0.2, -0.15) is 4.31 Å². The lowest BCUT2D eigenvalue weighted by Crippen LogP contribution is -2.50. The van der Waals surface area contributed by atoms with Crippen molar-refractivity contribution in [3.63, 3.8) is 0 Å². The summed E-state index contributed by atoms with van der Waals surface area (Å²) in [7, 11) is -2.25. The number of benzene rings is 1. The van der Waals surface area contributed by atoms with Crippen LogP contribution in [0.2, 0.25) is 0 Å². The van der Waals surface area contributed by atoms with Gasteiger partial charge in [0.25, 0.3) is 5.91 Å². The SMILES string of the molecule is CCCC#Cc1ccc2c(c1)O[C@@H](CN(C)C(=O)c1cccnc1)[C@@H](C)CN([C@H](C)CO)S2(=O)=O. The van der Waals surface area contributed by atoms with E-state index in [9.17, 15) is 18.3 Å². The maximum atomic E-state index is 13.5. The van der Waals surface area contributed by atoms with Crippen LogP contribution in [-0.2, 0) is 10.0 Å². The van der Waals surface area contributed by atoms with E-state index in [-0.39, 0.29) is 42.2 Å². The zero-order valence-electron chi connectivity index (χ0n) is 20.6. The molecule has 3 rings (SSSR count). The Kier molecular flexibility index (Phi) is 8.89. The fraction of sp³-hybridized carbons (Fsp3) is 0.462. The first-order valence-electron chi connectivity index (χ1n) is 11.8. The normalized spacial score (nSPS) is 20.3. The van der Waals surface area contributed by atoms with E-state index in [1.54, 1.807) is 49.3 Å². The number of hydrogen-bond acceptors (Lipinski definition) is 6. The maximum Gasteiger partial charge on any atom is 0.255 e. The number of nitrogens with zero attached hydrogens (tertiary/aromatic N) is 3. The van der Waals surface area contributed by atoms with Crippen LogP contribution in [0.5, 0.6) is 5.75 Å². The molecule has 1 aliphatic heterocycles. The zero-order valence-corrected chi connectivity index (χ0v) is 21.5. The topological polar surface area (TPSA) is 100 Å². The van der Waals surface area contributed by atoms with Gasteiger partial charge in [0.1, 0.15) is 16.7 Å². The molecular formula is C26H33N3O5S. The molecule has 2 heterocycles. The van der Waals surface area contributed by atoms with E-state index in [4.69, 9.17) is 4.74 Å². The highest BCUT2D eigenvalue weighted by atomic mass is 32.2. The number of likely N-dealkylation sites (N-methyl/N-ethyl adjacent to an activating group) is 1. The van der Waals surface area contributed by atoms with Gasteiger partial charge < -0.3 is 14.7 Å². The maximum absolute atomic E-state index is 13.5. The molecule has 0 fully saturated rings. The summed E-state index contributed by atoms with van der Waals surface area (Å²) in [5.41, 5.74) is 1.11. The molecule has 0 unspecified atom stereocenters. The van der Waals surface area contributed by atoms with Crippen LogP contribution in [0.25, 0.3) is 0 Å². The first-order valence-corrected chi connectivity index (χ1v) is 13.2. The van der Waals surface area contributed by atoms with Crippen LogP contribution in [0.1, 0.15) is 49.5 Å². The number of rotatable bonds is 6. The Morgan fingerprint density at radius 3 is 2.80 bits per heavy atom. The first kappa shape index (κ1) is 26.7. The van der Waals surface area contributed by atoms with Crippen molar-refractivity contribution in [2.75, 3.05) is 26.7 Å². The Morgan fingerprint density at radius 1 is 1.37 bits per heavy atom. The lowest BCUT2D eigenvalue weighted by atomic mass is 10.0. The van der Waals surface area contributed by atoms with Gasteiger partial charge in [0.05, 0.1) is 18.7 Å². The van der Waals surface area contributed by atoms with Crippen LogP contribution in [-0.4, -0.2) is 72.5 Å². The smallest absolute Gasteiger partial charge is 0.255 e. The molecule has 0 spiro atoms. The molecule has 35 heavy (non-hydrogen) atoms. The van der Waals surface area contributed by atoms with Crippen molar-refractivity contribution in [3.05, 3.63) is 53.9 Å². The van der Waals surface area contributed by atoms with Gasteiger partial charge in [0, 0.05) is 49.9 Å². The second-order valence-electron chi connectivity index (χ2n) is 8.88. The number of carbonyl (C=O) groups is 1. The van der Waals surface area contributed by atoms with Gasteiger partial charge in [-0.15, -0.1) is 0 Å². The predicted octanol–water partition coefficient (Wildman–Crippen LogP) is 2.77. The molecule has 0 aliphatic carbocycles. The van der Waals surface area contributed by atoms with Crippen LogP contribution >= 0.6 is 0 Å². The number of aromatic nitrogens is 1. The van der Waals surface area contributed by atoms with E-state index in [1.807, 2.05) is 13.8 Å². The minimum Gasteiger partial charge on any atom is -0.487 e. The average Bonchev–Trinajstić information content (AvgIpc) is 2.85. The molecular weight excluding hydrogens is 466 g/mol.